The van der Waals surface area contributed by atoms with Crippen molar-refractivity contribution in [2.75, 3.05) is 18.6 Å². The number of aryl methyl sites for hydroxylation is 2. The van der Waals surface area contributed by atoms with Crippen LogP contribution in [0.15, 0.2) is 24.3 Å². The molecule has 22 heavy (non-hydrogen) atoms. The molecular weight excluding hydrogens is 300 g/mol. The Morgan fingerprint density at radius 3 is 2.68 bits per heavy atom. The van der Waals surface area contributed by atoms with Crippen LogP contribution in [0.4, 0.5) is 0 Å². The summed E-state index contributed by atoms with van der Waals surface area (Å²) in [5.74, 6) is 0.112. The Kier molecular flexibility index (Phi) is 3.51. The highest BCUT2D eigenvalue weighted by Gasteiger charge is 2.33. The quantitative estimate of drug-likeness (QED) is 0.847. The lowest BCUT2D eigenvalue weighted by Gasteiger charge is -2.23. The minimum Gasteiger partial charge on any atom is -0.340 e. The molecule has 2 heterocycles. The molecule has 1 amide bonds. The standard InChI is InChI=1S/C16H20N2O3S/c1-11-4-5-14-12(8-11)9-15(18(14)3)16(19)17(2)13-6-7-22(20,21)10-13/h4-5,8-9,13H,6-7,10H2,1-3H3. The number of nitrogens with zero attached hydrogens (tertiary/aromatic N) is 2. The second-order valence-electron chi connectivity index (χ2n) is 6.12. The van der Waals surface area contributed by atoms with E-state index in [0.29, 0.717) is 12.1 Å². The van der Waals surface area contributed by atoms with E-state index in [-0.39, 0.29) is 23.5 Å². The van der Waals surface area contributed by atoms with Gasteiger partial charge in [0.2, 0.25) is 0 Å². The smallest absolute Gasteiger partial charge is 0.270 e. The van der Waals surface area contributed by atoms with Gasteiger partial charge in [0, 0.05) is 31.0 Å². The van der Waals surface area contributed by atoms with E-state index in [4.69, 9.17) is 0 Å². The Balaban J connectivity index is 1.93. The summed E-state index contributed by atoms with van der Waals surface area (Å²) in [6, 6.07) is 7.72. The van der Waals surface area contributed by atoms with Gasteiger partial charge in [-0.15, -0.1) is 0 Å². The molecule has 1 aliphatic heterocycles. The maximum atomic E-state index is 12.7. The molecule has 1 aliphatic rings. The minimum absolute atomic E-state index is 0.0677. The lowest BCUT2D eigenvalue weighted by atomic mass is 10.2. The van der Waals surface area contributed by atoms with Crippen molar-refractivity contribution in [1.29, 1.82) is 0 Å². The molecule has 1 fully saturated rings. The number of amides is 1. The Bertz CT molecular complexity index is 852. The van der Waals surface area contributed by atoms with Crippen molar-refractivity contribution in [1.82, 2.24) is 9.47 Å². The molecular formula is C16H20N2O3S. The molecule has 0 radical (unpaired) electrons. The first-order valence-electron chi connectivity index (χ1n) is 7.32. The van der Waals surface area contributed by atoms with E-state index in [1.807, 2.05) is 42.8 Å². The van der Waals surface area contributed by atoms with Crippen LogP contribution in [0.5, 0.6) is 0 Å². The van der Waals surface area contributed by atoms with E-state index >= 15 is 0 Å². The summed E-state index contributed by atoms with van der Waals surface area (Å²) in [7, 11) is 0.559. The average molecular weight is 320 g/mol. The maximum Gasteiger partial charge on any atom is 0.270 e. The van der Waals surface area contributed by atoms with Crippen molar-refractivity contribution in [3.8, 4) is 0 Å². The fraction of sp³-hybridized carbons (Fsp3) is 0.438. The first-order chi connectivity index (χ1) is 10.3. The molecule has 5 nitrogen and oxygen atoms in total. The zero-order chi connectivity index (χ0) is 16.1. The van der Waals surface area contributed by atoms with Crippen LogP contribution in [0, 0.1) is 6.92 Å². The Morgan fingerprint density at radius 1 is 1.32 bits per heavy atom. The number of carbonyl (C=O) groups excluding carboxylic acids is 1. The van der Waals surface area contributed by atoms with Crippen molar-refractivity contribution in [2.45, 2.75) is 19.4 Å². The van der Waals surface area contributed by atoms with Crippen LogP contribution in [0.1, 0.15) is 22.5 Å². The molecule has 0 spiro atoms. The molecule has 0 aliphatic carbocycles. The summed E-state index contributed by atoms with van der Waals surface area (Å²) in [4.78, 5) is 14.3. The lowest BCUT2D eigenvalue weighted by molar-refractivity contribution is 0.0738. The fourth-order valence-electron chi connectivity index (χ4n) is 3.10. The van der Waals surface area contributed by atoms with Crippen LogP contribution in [0.3, 0.4) is 0 Å². The zero-order valence-corrected chi connectivity index (χ0v) is 13.9. The Hall–Kier alpha value is -1.82. The first-order valence-corrected chi connectivity index (χ1v) is 9.14. The maximum absolute atomic E-state index is 12.7. The van der Waals surface area contributed by atoms with Gasteiger partial charge in [-0.3, -0.25) is 4.79 Å². The second kappa shape index (κ2) is 5.12. The highest BCUT2D eigenvalue weighted by molar-refractivity contribution is 7.91. The predicted molar refractivity (Wildman–Crippen MR) is 86.8 cm³/mol. The van der Waals surface area contributed by atoms with Gasteiger partial charge in [0.1, 0.15) is 5.69 Å². The summed E-state index contributed by atoms with van der Waals surface area (Å²) < 4.78 is 25.1. The van der Waals surface area contributed by atoms with Gasteiger partial charge in [0.05, 0.1) is 11.5 Å². The molecule has 3 rings (SSSR count). The van der Waals surface area contributed by atoms with Crippen molar-refractivity contribution >= 4 is 26.6 Å². The Morgan fingerprint density at radius 2 is 2.05 bits per heavy atom. The van der Waals surface area contributed by atoms with Gasteiger partial charge in [-0.25, -0.2) is 8.42 Å². The van der Waals surface area contributed by atoms with Crippen LogP contribution in [-0.2, 0) is 16.9 Å². The van der Waals surface area contributed by atoms with Crippen molar-refractivity contribution < 1.29 is 13.2 Å². The number of fused-ring (bicyclic) bond motifs is 1. The highest BCUT2D eigenvalue weighted by atomic mass is 32.2. The summed E-state index contributed by atoms with van der Waals surface area (Å²) in [5, 5.41) is 1.03. The first kappa shape index (κ1) is 15.1. The van der Waals surface area contributed by atoms with Crippen LogP contribution in [0.25, 0.3) is 10.9 Å². The van der Waals surface area contributed by atoms with E-state index in [9.17, 15) is 13.2 Å². The lowest BCUT2D eigenvalue weighted by Crippen LogP contribution is -2.38. The summed E-state index contributed by atoms with van der Waals surface area (Å²) in [5.41, 5.74) is 2.74. The van der Waals surface area contributed by atoms with Gasteiger partial charge in [-0.2, -0.15) is 0 Å². The molecule has 2 aromatic rings. The SMILES string of the molecule is Cc1ccc2c(c1)cc(C(=O)N(C)C1CCS(=O)(=O)C1)n2C. The van der Waals surface area contributed by atoms with E-state index in [1.54, 1.807) is 11.9 Å². The molecule has 0 N–H and O–H groups in total. The van der Waals surface area contributed by atoms with Crippen molar-refractivity contribution in [3.63, 3.8) is 0 Å². The topological polar surface area (TPSA) is 59.4 Å². The van der Waals surface area contributed by atoms with Crippen LogP contribution in [0.2, 0.25) is 0 Å². The third-order valence-electron chi connectivity index (χ3n) is 4.49. The van der Waals surface area contributed by atoms with Gasteiger partial charge in [0.15, 0.2) is 9.84 Å². The fourth-order valence-corrected chi connectivity index (χ4v) is 4.88. The molecule has 6 heteroatoms. The number of rotatable bonds is 2. The number of hydrogen-bond acceptors (Lipinski definition) is 3. The Labute approximate surface area is 130 Å². The van der Waals surface area contributed by atoms with Crippen molar-refractivity contribution in [2.24, 2.45) is 7.05 Å². The number of carbonyl (C=O) groups is 1. The van der Waals surface area contributed by atoms with Gasteiger partial charge >= 0.3 is 0 Å². The molecule has 1 aromatic carbocycles. The number of aromatic nitrogens is 1. The molecule has 1 saturated heterocycles. The van der Waals surface area contributed by atoms with E-state index < -0.39 is 9.84 Å². The van der Waals surface area contributed by atoms with E-state index in [1.165, 1.54) is 0 Å². The minimum atomic E-state index is -3.00. The largest absolute Gasteiger partial charge is 0.340 e. The molecule has 1 aromatic heterocycles. The number of benzene rings is 1. The molecule has 118 valence electrons. The summed E-state index contributed by atoms with van der Waals surface area (Å²) in [6.07, 6.45) is 0.521. The molecule has 0 saturated carbocycles. The molecule has 1 atom stereocenters. The van der Waals surface area contributed by atoms with E-state index in [2.05, 4.69) is 0 Å². The third kappa shape index (κ3) is 2.52. The molecule has 0 bridgehead atoms. The van der Waals surface area contributed by atoms with E-state index in [0.717, 1.165) is 16.5 Å². The average Bonchev–Trinajstić information content (AvgIpc) is 2.97. The second-order valence-corrected chi connectivity index (χ2v) is 8.35. The van der Waals surface area contributed by atoms with Gasteiger partial charge < -0.3 is 9.47 Å². The predicted octanol–water partition coefficient (Wildman–Crippen LogP) is 1.75. The highest BCUT2D eigenvalue weighted by Crippen LogP contribution is 2.23. The normalized spacial score (nSPS) is 20.4. The van der Waals surface area contributed by atoms with Crippen LogP contribution in [-0.4, -0.2) is 48.4 Å². The van der Waals surface area contributed by atoms with Crippen LogP contribution >= 0.6 is 0 Å². The summed E-state index contributed by atoms with van der Waals surface area (Å²) in [6.45, 7) is 2.02. The molecule has 1 unspecified atom stereocenters. The monoisotopic (exact) mass is 320 g/mol. The van der Waals surface area contributed by atoms with Gasteiger partial charge in [0.25, 0.3) is 5.91 Å². The van der Waals surface area contributed by atoms with Crippen molar-refractivity contribution in [3.05, 3.63) is 35.5 Å². The number of hydrogen-bond donors (Lipinski definition) is 0. The van der Waals surface area contributed by atoms with Crippen LogP contribution < -0.4 is 0 Å². The van der Waals surface area contributed by atoms with Gasteiger partial charge in [-0.1, -0.05) is 11.6 Å². The summed E-state index contributed by atoms with van der Waals surface area (Å²) >= 11 is 0. The van der Waals surface area contributed by atoms with Gasteiger partial charge in [-0.05, 0) is 31.5 Å². The number of sulfone groups is 1. The third-order valence-corrected chi connectivity index (χ3v) is 6.24. The zero-order valence-electron chi connectivity index (χ0n) is 13.0.